The van der Waals surface area contributed by atoms with Crippen LogP contribution in [0.1, 0.15) is 6.92 Å². The number of benzene rings is 1. The lowest BCUT2D eigenvalue weighted by molar-refractivity contribution is -0.148. The van der Waals surface area contributed by atoms with E-state index in [0.29, 0.717) is 0 Å². The molecule has 6 nitrogen and oxygen atoms in total. The van der Waals surface area contributed by atoms with E-state index in [2.05, 4.69) is 10.6 Å². The lowest BCUT2D eigenvalue weighted by Gasteiger charge is -2.25. The fourth-order valence-electron chi connectivity index (χ4n) is 1.99. The molecule has 2 atom stereocenters. The zero-order valence-electron chi connectivity index (χ0n) is 11.2. The average Bonchev–Trinajstić information content (AvgIpc) is 2.77. The first-order valence-electron chi connectivity index (χ1n) is 6.16. The number of ether oxygens (including phenoxy) is 1. The Morgan fingerprint density at radius 1 is 1.52 bits per heavy atom. The molecule has 1 heterocycles. The molecular formula is C13H14ClFN2O4. The number of amides is 2. The highest BCUT2D eigenvalue weighted by Crippen LogP contribution is 2.29. The van der Waals surface area contributed by atoms with E-state index in [0.717, 1.165) is 6.07 Å². The summed E-state index contributed by atoms with van der Waals surface area (Å²) in [5.74, 6) is -1.71. The van der Waals surface area contributed by atoms with Crippen molar-refractivity contribution in [1.29, 1.82) is 0 Å². The summed E-state index contributed by atoms with van der Waals surface area (Å²) in [6, 6.07) is 2.30. The maximum Gasteiger partial charge on any atom is 0.319 e. The summed E-state index contributed by atoms with van der Waals surface area (Å²) in [5.41, 5.74) is -1.31. The normalized spacial score (nSPS) is 24.6. The van der Waals surface area contributed by atoms with E-state index in [1.54, 1.807) is 0 Å². The van der Waals surface area contributed by atoms with Gasteiger partial charge in [-0.25, -0.2) is 9.18 Å². The number of carbonyl (C=O) groups excluding carboxylic acids is 1. The van der Waals surface area contributed by atoms with Crippen LogP contribution in [0.5, 0.6) is 0 Å². The van der Waals surface area contributed by atoms with Gasteiger partial charge in [0.05, 0.1) is 24.9 Å². The monoisotopic (exact) mass is 316 g/mol. The first-order valence-corrected chi connectivity index (χ1v) is 6.54. The number of hydrogen-bond acceptors (Lipinski definition) is 3. The van der Waals surface area contributed by atoms with Crippen LogP contribution < -0.4 is 10.6 Å². The number of urea groups is 1. The van der Waals surface area contributed by atoms with Crippen molar-refractivity contribution in [3.63, 3.8) is 0 Å². The smallest absolute Gasteiger partial charge is 0.319 e. The van der Waals surface area contributed by atoms with Crippen molar-refractivity contribution in [2.24, 2.45) is 5.41 Å². The van der Waals surface area contributed by atoms with Crippen LogP contribution in [0.4, 0.5) is 14.9 Å². The Hall–Kier alpha value is -1.86. The third-order valence-corrected chi connectivity index (χ3v) is 3.66. The highest BCUT2D eigenvalue weighted by molar-refractivity contribution is 6.30. The third-order valence-electron chi connectivity index (χ3n) is 3.43. The maximum atomic E-state index is 13.5. The van der Waals surface area contributed by atoms with Gasteiger partial charge in [0, 0.05) is 5.02 Å². The number of carbonyl (C=O) groups is 2. The first-order chi connectivity index (χ1) is 9.83. The van der Waals surface area contributed by atoms with Crippen LogP contribution in [0.2, 0.25) is 5.02 Å². The Balaban J connectivity index is 2.05. The molecule has 1 fully saturated rings. The fourth-order valence-corrected chi connectivity index (χ4v) is 2.17. The van der Waals surface area contributed by atoms with Crippen LogP contribution >= 0.6 is 11.6 Å². The van der Waals surface area contributed by atoms with Crippen molar-refractivity contribution < 1.29 is 23.8 Å². The maximum absolute atomic E-state index is 13.5. The summed E-state index contributed by atoms with van der Waals surface area (Å²) in [7, 11) is 0. The SMILES string of the molecule is CC1(C(=O)O)COCC1NC(=O)Nc1cc(Cl)ccc1F. The average molecular weight is 317 g/mol. The van der Waals surface area contributed by atoms with Crippen LogP contribution in [0.3, 0.4) is 0 Å². The first kappa shape index (κ1) is 15.5. The summed E-state index contributed by atoms with van der Waals surface area (Å²) in [5, 5.41) is 14.2. The topological polar surface area (TPSA) is 87.7 Å². The van der Waals surface area contributed by atoms with Crippen LogP contribution in [-0.4, -0.2) is 36.4 Å². The predicted octanol–water partition coefficient (Wildman–Crippen LogP) is 2.09. The van der Waals surface area contributed by atoms with Gasteiger partial charge in [0.15, 0.2) is 0 Å². The second kappa shape index (κ2) is 5.87. The van der Waals surface area contributed by atoms with Crippen molar-refractivity contribution in [2.75, 3.05) is 18.5 Å². The standard InChI is InChI=1S/C13H14ClFN2O4/c1-13(11(18)19)6-21-5-10(13)17-12(20)16-9-4-7(14)2-3-8(9)15/h2-4,10H,5-6H2,1H3,(H,18,19)(H2,16,17,20). The van der Waals surface area contributed by atoms with Crippen molar-refractivity contribution in [2.45, 2.75) is 13.0 Å². The van der Waals surface area contributed by atoms with Gasteiger partial charge in [-0.1, -0.05) is 11.6 Å². The van der Waals surface area contributed by atoms with E-state index in [-0.39, 0.29) is 23.9 Å². The van der Waals surface area contributed by atoms with E-state index in [4.69, 9.17) is 16.3 Å². The molecule has 2 rings (SSSR count). The van der Waals surface area contributed by atoms with E-state index in [9.17, 15) is 19.1 Å². The van der Waals surface area contributed by atoms with E-state index in [1.807, 2.05) is 0 Å². The zero-order valence-corrected chi connectivity index (χ0v) is 11.9. The summed E-state index contributed by atoms with van der Waals surface area (Å²) in [6.45, 7) is 1.56. The Bertz CT molecular complexity index is 583. The van der Waals surface area contributed by atoms with Crippen molar-refractivity contribution in [3.05, 3.63) is 29.0 Å². The van der Waals surface area contributed by atoms with Gasteiger partial charge in [0.25, 0.3) is 0 Å². The molecule has 0 spiro atoms. The van der Waals surface area contributed by atoms with Gasteiger partial charge in [-0.2, -0.15) is 0 Å². The molecule has 1 aromatic rings. The van der Waals surface area contributed by atoms with E-state index in [1.165, 1.54) is 19.1 Å². The Morgan fingerprint density at radius 2 is 2.24 bits per heavy atom. The Kier molecular flexibility index (Phi) is 4.34. The minimum Gasteiger partial charge on any atom is -0.481 e. The largest absolute Gasteiger partial charge is 0.481 e. The van der Waals surface area contributed by atoms with Gasteiger partial charge < -0.3 is 20.5 Å². The van der Waals surface area contributed by atoms with Crippen molar-refractivity contribution in [1.82, 2.24) is 5.32 Å². The number of rotatable bonds is 3. The molecule has 1 aliphatic rings. The minimum absolute atomic E-state index is 0.00118. The molecule has 2 unspecified atom stereocenters. The van der Waals surface area contributed by atoms with Gasteiger partial charge in [-0.3, -0.25) is 4.79 Å². The van der Waals surface area contributed by atoms with Gasteiger partial charge in [0.2, 0.25) is 0 Å². The summed E-state index contributed by atoms with van der Waals surface area (Å²) in [6.07, 6.45) is 0. The molecule has 0 saturated carbocycles. The van der Waals surface area contributed by atoms with E-state index >= 15 is 0 Å². The molecule has 0 bridgehead atoms. The molecular weight excluding hydrogens is 303 g/mol. The molecule has 1 saturated heterocycles. The Labute approximate surface area is 125 Å². The second-order valence-electron chi connectivity index (χ2n) is 5.01. The van der Waals surface area contributed by atoms with Crippen LogP contribution in [0.15, 0.2) is 18.2 Å². The highest BCUT2D eigenvalue weighted by atomic mass is 35.5. The number of carboxylic acid groups (broad SMARTS) is 1. The van der Waals surface area contributed by atoms with Crippen LogP contribution in [0.25, 0.3) is 0 Å². The second-order valence-corrected chi connectivity index (χ2v) is 5.45. The molecule has 2 amide bonds. The quantitative estimate of drug-likeness (QED) is 0.797. The number of halogens is 2. The molecule has 0 aromatic heterocycles. The lowest BCUT2D eigenvalue weighted by Crippen LogP contribution is -2.50. The fraction of sp³-hybridized carbons (Fsp3) is 0.385. The number of carboxylic acids is 1. The van der Waals surface area contributed by atoms with Gasteiger partial charge in [0.1, 0.15) is 11.2 Å². The molecule has 0 aliphatic carbocycles. The highest BCUT2D eigenvalue weighted by Gasteiger charge is 2.47. The molecule has 114 valence electrons. The van der Waals surface area contributed by atoms with Gasteiger partial charge >= 0.3 is 12.0 Å². The summed E-state index contributed by atoms with van der Waals surface area (Å²) < 4.78 is 18.6. The van der Waals surface area contributed by atoms with Gasteiger partial charge in [-0.15, -0.1) is 0 Å². The van der Waals surface area contributed by atoms with Crippen LogP contribution in [-0.2, 0) is 9.53 Å². The summed E-state index contributed by atoms with van der Waals surface area (Å²) >= 11 is 5.72. The molecule has 0 radical (unpaired) electrons. The molecule has 1 aromatic carbocycles. The summed E-state index contributed by atoms with van der Waals surface area (Å²) in [4.78, 5) is 23.1. The number of nitrogens with one attached hydrogen (secondary N) is 2. The van der Waals surface area contributed by atoms with Gasteiger partial charge in [-0.05, 0) is 25.1 Å². The molecule has 8 heteroatoms. The molecule has 3 N–H and O–H groups in total. The molecule has 1 aliphatic heterocycles. The number of aliphatic carboxylic acids is 1. The van der Waals surface area contributed by atoms with Crippen LogP contribution in [0, 0.1) is 11.2 Å². The molecule has 21 heavy (non-hydrogen) atoms. The zero-order chi connectivity index (χ0) is 15.6. The van der Waals surface area contributed by atoms with Crippen molar-refractivity contribution in [3.8, 4) is 0 Å². The van der Waals surface area contributed by atoms with Crippen molar-refractivity contribution >= 4 is 29.3 Å². The van der Waals surface area contributed by atoms with E-state index < -0.39 is 29.3 Å². The lowest BCUT2D eigenvalue weighted by atomic mass is 9.85. The predicted molar refractivity (Wildman–Crippen MR) is 73.9 cm³/mol. The third kappa shape index (κ3) is 3.25. The Morgan fingerprint density at radius 3 is 2.90 bits per heavy atom. The number of anilines is 1. The number of hydrogen-bond donors (Lipinski definition) is 3. The minimum atomic E-state index is -1.22.